The van der Waals surface area contributed by atoms with Crippen molar-refractivity contribution in [2.45, 2.75) is 0 Å². The molecule has 0 saturated carbocycles. The Kier molecular flexibility index (Phi) is 3.30. The molecule has 2 N–H and O–H groups in total. The summed E-state index contributed by atoms with van der Waals surface area (Å²) in [5.41, 5.74) is 7.88. The first-order valence-electron chi connectivity index (χ1n) is 5.75. The molecule has 0 amide bonds. The van der Waals surface area contributed by atoms with E-state index in [0.717, 1.165) is 5.56 Å². The number of benzene rings is 2. The Balaban J connectivity index is 2.15. The Morgan fingerprint density at radius 3 is 2.65 bits per heavy atom. The van der Waals surface area contributed by atoms with E-state index in [9.17, 15) is 0 Å². The first kappa shape index (κ1) is 12.9. The van der Waals surface area contributed by atoms with E-state index in [1.165, 1.54) is 0 Å². The molecule has 0 unspecified atom stereocenters. The van der Waals surface area contributed by atoms with Gasteiger partial charge in [0.05, 0.1) is 10.7 Å². The maximum absolute atomic E-state index is 6.19. The number of nitrogen functional groups attached to an aromatic ring is 1. The summed E-state index contributed by atoms with van der Waals surface area (Å²) in [5, 5.41) is 12.7. The zero-order valence-corrected chi connectivity index (χ0v) is 11.7. The van der Waals surface area contributed by atoms with Crippen molar-refractivity contribution in [2.24, 2.45) is 0 Å². The average Bonchev–Trinajstić information content (AvgIpc) is 2.87. The third-order valence-corrected chi connectivity index (χ3v) is 3.29. The lowest BCUT2D eigenvalue weighted by Crippen LogP contribution is -2.01. The van der Waals surface area contributed by atoms with Gasteiger partial charge >= 0.3 is 0 Å². The van der Waals surface area contributed by atoms with Gasteiger partial charge in [-0.15, -0.1) is 5.10 Å². The van der Waals surface area contributed by atoms with Crippen LogP contribution in [-0.2, 0) is 0 Å². The number of nitrogens with two attached hydrogens (primary N) is 1. The van der Waals surface area contributed by atoms with Gasteiger partial charge < -0.3 is 5.73 Å². The van der Waals surface area contributed by atoms with Crippen LogP contribution in [0.4, 0.5) is 5.69 Å². The summed E-state index contributed by atoms with van der Waals surface area (Å²) in [7, 11) is 0. The summed E-state index contributed by atoms with van der Waals surface area (Å²) in [4.78, 5) is 0. The zero-order chi connectivity index (χ0) is 14.1. The van der Waals surface area contributed by atoms with Crippen molar-refractivity contribution in [3.8, 4) is 17.1 Å². The monoisotopic (exact) mass is 305 g/mol. The third kappa shape index (κ3) is 2.33. The second-order valence-electron chi connectivity index (χ2n) is 4.14. The topological polar surface area (TPSA) is 69.6 Å². The molecule has 0 saturated heterocycles. The van der Waals surface area contributed by atoms with Gasteiger partial charge in [0, 0.05) is 16.3 Å². The van der Waals surface area contributed by atoms with Gasteiger partial charge in [0.2, 0.25) is 0 Å². The summed E-state index contributed by atoms with van der Waals surface area (Å²) in [5.74, 6) is 0.557. The largest absolute Gasteiger partial charge is 0.399 e. The molecule has 100 valence electrons. The van der Waals surface area contributed by atoms with Crippen molar-refractivity contribution in [1.82, 2.24) is 20.2 Å². The molecule has 20 heavy (non-hydrogen) atoms. The van der Waals surface area contributed by atoms with Crippen LogP contribution >= 0.6 is 23.2 Å². The van der Waals surface area contributed by atoms with Crippen LogP contribution in [-0.4, -0.2) is 20.2 Å². The molecule has 0 spiro atoms. The number of tetrazole rings is 1. The molecule has 1 aromatic heterocycles. The lowest BCUT2D eigenvalue weighted by atomic mass is 10.2. The highest BCUT2D eigenvalue weighted by Gasteiger charge is 2.13. The Labute approximate surface area is 124 Å². The molecule has 0 aliphatic rings. The van der Waals surface area contributed by atoms with Crippen molar-refractivity contribution in [3.63, 3.8) is 0 Å². The number of aromatic nitrogens is 4. The smallest absolute Gasteiger partial charge is 0.187 e. The lowest BCUT2D eigenvalue weighted by Gasteiger charge is -2.07. The van der Waals surface area contributed by atoms with Gasteiger partial charge in [0.25, 0.3) is 0 Å². The van der Waals surface area contributed by atoms with Gasteiger partial charge in [-0.2, -0.15) is 4.68 Å². The Hall–Kier alpha value is -2.11. The Morgan fingerprint density at radius 1 is 1.05 bits per heavy atom. The Bertz CT molecular complexity index is 769. The molecule has 0 fully saturated rings. The van der Waals surface area contributed by atoms with Gasteiger partial charge in [-0.3, -0.25) is 0 Å². The molecule has 0 aliphatic carbocycles. The fraction of sp³-hybridized carbons (Fsp3) is 0. The molecular weight excluding hydrogens is 297 g/mol. The van der Waals surface area contributed by atoms with Crippen molar-refractivity contribution < 1.29 is 0 Å². The minimum absolute atomic E-state index is 0.468. The molecule has 0 atom stereocenters. The molecule has 3 aromatic rings. The number of rotatable bonds is 2. The molecule has 0 aliphatic heterocycles. The molecule has 0 radical (unpaired) electrons. The van der Waals surface area contributed by atoms with E-state index in [1.807, 2.05) is 12.1 Å². The number of hydrogen-bond acceptors (Lipinski definition) is 4. The molecule has 0 bridgehead atoms. The fourth-order valence-corrected chi connectivity index (χ4v) is 2.35. The van der Waals surface area contributed by atoms with E-state index in [-0.39, 0.29) is 0 Å². The lowest BCUT2D eigenvalue weighted by molar-refractivity contribution is 0.791. The summed E-state index contributed by atoms with van der Waals surface area (Å²) in [6.45, 7) is 0. The number of halogens is 2. The summed E-state index contributed by atoms with van der Waals surface area (Å²) in [6, 6.07) is 12.4. The van der Waals surface area contributed by atoms with Gasteiger partial charge in [-0.1, -0.05) is 35.3 Å². The van der Waals surface area contributed by atoms with Gasteiger partial charge in [0.15, 0.2) is 5.82 Å². The van der Waals surface area contributed by atoms with Crippen molar-refractivity contribution in [3.05, 3.63) is 52.5 Å². The average molecular weight is 306 g/mol. The van der Waals surface area contributed by atoms with Gasteiger partial charge in [-0.05, 0) is 40.8 Å². The van der Waals surface area contributed by atoms with Crippen LogP contribution in [0.25, 0.3) is 17.1 Å². The van der Waals surface area contributed by atoms with Crippen LogP contribution in [0.5, 0.6) is 0 Å². The second kappa shape index (κ2) is 5.11. The summed E-state index contributed by atoms with van der Waals surface area (Å²) in [6.07, 6.45) is 0. The highest BCUT2D eigenvalue weighted by Crippen LogP contribution is 2.27. The van der Waals surface area contributed by atoms with Crippen molar-refractivity contribution in [1.29, 1.82) is 0 Å². The fourth-order valence-electron chi connectivity index (χ4n) is 1.86. The minimum Gasteiger partial charge on any atom is -0.399 e. The molecular formula is C13H9Cl2N5. The first-order chi connectivity index (χ1) is 9.65. The first-order valence-corrected chi connectivity index (χ1v) is 6.50. The van der Waals surface area contributed by atoms with E-state index < -0.39 is 0 Å². The SMILES string of the molecule is Nc1cccc(-c2nnnn2-c2ccc(Cl)cc2Cl)c1. The standard InChI is InChI=1S/C13H9Cl2N5/c14-9-4-5-12(11(15)7-9)20-13(17-18-19-20)8-2-1-3-10(16)6-8/h1-7H,16H2. The molecule has 3 rings (SSSR count). The van der Waals surface area contributed by atoms with Crippen molar-refractivity contribution in [2.75, 3.05) is 5.73 Å². The van der Waals surface area contributed by atoms with E-state index in [2.05, 4.69) is 15.5 Å². The number of anilines is 1. The van der Waals surface area contributed by atoms with Crippen LogP contribution in [0.2, 0.25) is 10.0 Å². The van der Waals surface area contributed by atoms with Gasteiger partial charge in [-0.25, -0.2) is 0 Å². The Morgan fingerprint density at radius 2 is 1.90 bits per heavy atom. The predicted molar refractivity (Wildman–Crippen MR) is 79.0 cm³/mol. The molecule has 2 aromatic carbocycles. The quantitative estimate of drug-likeness (QED) is 0.738. The van der Waals surface area contributed by atoms with Crippen LogP contribution in [0, 0.1) is 0 Å². The third-order valence-electron chi connectivity index (χ3n) is 2.75. The highest BCUT2D eigenvalue weighted by molar-refractivity contribution is 6.35. The van der Waals surface area contributed by atoms with Crippen LogP contribution < -0.4 is 5.73 Å². The van der Waals surface area contributed by atoms with E-state index in [0.29, 0.717) is 27.2 Å². The number of nitrogens with zero attached hydrogens (tertiary/aromatic N) is 4. The highest BCUT2D eigenvalue weighted by atomic mass is 35.5. The molecule has 1 heterocycles. The number of hydrogen-bond donors (Lipinski definition) is 1. The van der Waals surface area contributed by atoms with Crippen LogP contribution in [0.1, 0.15) is 0 Å². The summed E-state index contributed by atoms with van der Waals surface area (Å²) < 4.78 is 1.55. The van der Waals surface area contributed by atoms with E-state index in [4.69, 9.17) is 28.9 Å². The van der Waals surface area contributed by atoms with Crippen molar-refractivity contribution >= 4 is 28.9 Å². The maximum Gasteiger partial charge on any atom is 0.187 e. The minimum atomic E-state index is 0.468. The molecule has 5 nitrogen and oxygen atoms in total. The molecule has 7 heteroatoms. The second-order valence-corrected chi connectivity index (χ2v) is 4.98. The summed E-state index contributed by atoms with van der Waals surface area (Å²) >= 11 is 12.1. The van der Waals surface area contributed by atoms with E-state index >= 15 is 0 Å². The normalized spacial score (nSPS) is 10.7. The zero-order valence-electron chi connectivity index (χ0n) is 10.2. The predicted octanol–water partition coefficient (Wildman–Crippen LogP) is 3.22. The van der Waals surface area contributed by atoms with Crippen LogP contribution in [0.3, 0.4) is 0 Å². The van der Waals surface area contributed by atoms with E-state index in [1.54, 1.807) is 35.0 Å². The maximum atomic E-state index is 6.19. The van der Waals surface area contributed by atoms with Crippen LogP contribution in [0.15, 0.2) is 42.5 Å². The van der Waals surface area contributed by atoms with Gasteiger partial charge in [0.1, 0.15) is 0 Å².